The van der Waals surface area contributed by atoms with Gasteiger partial charge in [-0.05, 0) is 38.3 Å². The zero-order valence-corrected chi connectivity index (χ0v) is 9.66. The fraction of sp³-hybridized carbons (Fsp3) is 0.615. The van der Waals surface area contributed by atoms with Crippen LogP contribution in [0.15, 0.2) is 18.3 Å². The Balaban J connectivity index is 1.82. The van der Waals surface area contributed by atoms with E-state index < -0.39 is 0 Å². The predicted molar refractivity (Wildman–Crippen MR) is 64.0 cm³/mol. The summed E-state index contributed by atoms with van der Waals surface area (Å²) in [6, 6.07) is 4.73. The van der Waals surface area contributed by atoms with Crippen molar-refractivity contribution in [2.75, 3.05) is 5.32 Å². The first-order chi connectivity index (χ1) is 7.24. The first-order valence-corrected chi connectivity index (χ1v) is 5.93. The lowest BCUT2D eigenvalue weighted by molar-refractivity contribution is 0.286. The van der Waals surface area contributed by atoms with Crippen LogP contribution in [-0.2, 0) is 0 Å². The summed E-state index contributed by atoms with van der Waals surface area (Å²) in [7, 11) is 0. The van der Waals surface area contributed by atoms with E-state index in [-0.39, 0.29) is 0 Å². The van der Waals surface area contributed by atoms with E-state index in [0.717, 1.165) is 17.3 Å². The number of nitrogens with one attached hydrogen (secondary N) is 1. The minimum Gasteiger partial charge on any atom is -0.381 e. The monoisotopic (exact) mass is 204 g/mol. The zero-order chi connectivity index (χ0) is 10.7. The highest BCUT2D eigenvalue weighted by Crippen LogP contribution is 2.30. The Hall–Kier alpha value is -1.05. The van der Waals surface area contributed by atoms with Crippen LogP contribution in [0.4, 0.5) is 5.69 Å². The van der Waals surface area contributed by atoms with Crippen molar-refractivity contribution in [2.45, 2.75) is 45.6 Å². The van der Waals surface area contributed by atoms with Crippen molar-refractivity contribution in [3.05, 3.63) is 24.0 Å². The van der Waals surface area contributed by atoms with Crippen LogP contribution < -0.4 is 5.32 Å². The van der Waals surface area contributed by atoms with E-state index in [1.54, 1.807) is 0 Å². The summed E-state index contributed by atoms with van der Waals surface area (Å²) in [4.78, 5) is 4.28. The molecule has 2 heteroatoms. The van der Waals surface area contributed by atoms with Gasteiger partial charge < -0.3 is 5.32 Å². The maximum absolute atomic E-state index is 4.28. The summed E-state index contributed by atoms with van der Waals surface area (Å²) in [6.45, 7) is 4.28. The highest BCUT2D eigenvalue weighted by Gasteiger charge is 2.19. The van der Waals surface area contributed by atoms with Crippen LogP contribution >= 0.6 is 0 Å². The molecular formula is C13H20N2. The van der Waals surface area contributed by atoms with Crippen LogP contribution in [0, 0.1) is 12.8 Å². The molecule has 0 aliphatic heterocycles. The van der Waals surface area contributed by atoms with Gasteiger partial charge in [0, 0.05) is 11.7 Å². The maximum Gasteiger partial charge on any atom is 0.0528 e. The standard InChI is InChI=1S/C13H20N2/c1-10-6-7-13(9-14-10)15-11(2)8-12-4-3-5-12/h6-7,9,11-12,15H,3-5,8H2,1-2H3. The Morgan fingerprint density at radius 2 is 2.27 bits per heavy atom. The zero-order valence-electron chi connectivity index (χ0n) is 9.66. The van der Waals surface area contributed by atoms with Crippen molar-refractivity contribution in [3.8, 4) is 0 Å². The molecule has 1 atom stereocenters. The van der Waals surface area contributed by atoms with Crippen LogP contribution in [0.25, 0.3) is 0 Å². The second kappa shape index (κ2) is 4.65. The molecule has 0 amide bonds. The molecule has 1 aliphatic rings. The number of aryl methyl sites for hydroxylation is 1. The van der Waals surface area contributed by atoms with Gasteiger partial charge in [-0.15, -0.1) is 0 Å². The largest absolute Gasteiger partial charge is 0.381 e. The lowest BCUT2D eigenvalue weighted by Crippen LogP contribution is -2.23. The molecule has 0 aromatic carbocycles. The molecular weight excluding hydrogens is 184 g/mol. The third kappa shape index (κ3) is 2.95. The summed E-state index contributed by atoms with van der Waals surface area (Å²) in [5.74, 6) is 0.964. The van der Waals surface area contributed by atoms with Gasteiger partial charge in [0.05, 0.1) is 11.9 Å². The summed E-state index contributed by atoms with van der Waals surface area (Å²) in [6.07, 6.45) is 7.51. The molecule has 0 bridgehead atoms. The molecule has 82 valence electrons. The third-order valence-corrected chi connectivity index (χ3v) is 3.24. The van der Waals surface area contributed by atoms with Gasteiger partial charge >= 0.3 is 0 Å². The van der Waals surface area contributed by atoms with Gasteiger partial charge in [0.15, 0.2) is 0 Å². The van der Waals surface area contributed by atoms with Crippen molar-refractivity contribution in [1.82, 2.24) is 4.98 Å². The van der Waals surface area contributed by atoms with Gasteiger partial charge in [0.25, 0.3) is 0 Å². The highest BCUT2D eigenvalue weighted by atomic mass is 14.9. The molecule has 1 heterocycles. The van der Waals surface area contributed by atoms with Gasteiger partial charge in [0.1, 0.15) is 0 Å². The number of hydrogen-bond donors (Lipinski definition) is 1. The smallest absolute Gasteiger partial charge is 0.0528 e. The molecule has 1 N–H and O–H groups in total. The number of pyridine rings is 1. The van der Waals surface area contributed by atoms with E-state index in [0.29, 0.717) is 6.04 Å². The molecule has 1 unspecified atom stereocenters. The fourth-order valence-electron chi connectivity index (χ4n) is 2.13. The molecule has 1 aliphatic carbocycles. The molecule has 1 saturated carbocycles. The Morgan fingerprint density at radius 1 is 1.47 bits per heavy atom. The van der Waals surface area contributed by atoms with Crippen LogP contribution in [-0.4, -0.2) is 11.0 Å². The molecule has 0 radical (unpaired) electrons. The van der Waals surface area contributed by atoms with Gasteiger partial charge in [-0.1, -0.05) is 19.3 Å². The number of nitrogens with zero attached hydrogens (tertiary/aromatic N) is 1. The second-order valence-electron chi connectivity index (χ2n) is 4.77. The van der Waals surface area contributed by atoms with Crippen molar-refractivity contribution in [1.29, 1.82) is 0 Å². The molecule has 1 fully saturated rings. The average Bonchev–Trinajstić information content (AvgIpc) is 2.16. The molecule has 2 rings (SSSR count). The summed E-state index contributed by atoms with van der Waals surface area (Å²) >= 11 is 0. The fourth-order valence-corrected chi connectivity index (χ4v) is 2.13. The van der Waals surface area contributed by atoms with Crippen LogP contribution in [0.5, 0.6) is 0 Å². The summed E-state index contributed by atoms with van der Waals surface area (Å²) < 4.78 is 0. The number of hydrogen-bond acceptors (Lipinski definition) is 2. The minimum atomic E-state index is 0.569. The van der Waals surface area contributed by atoms with E-state index in [4.69, 9.17) is 0 Å². The second-order valence-corrected chi connectivity index (χ2v) is 4.77. The molecule has 0 spiro atoms. The Morgan fingerprint density at radius 3 is 2.80 bits per heavy atom. The number of aromatic nitrogens is 1. The topological polar surface area (TPSA) is 24.9 Å². The molecule has 1 aromatic rings. The SMILES string of the molecule is Cc1ccc(NC(C)CC2CCC2)cn1. The first-order valence-electron chi connectivity index (χ1n) is 5.93. The van der Waals surface area contributed by atoms with E-state index in [2.05, 4.69) is 29.4 Å². The van der Waals surface area contributed by atoms with Crippen molar-refractivity contribution in [2.24, 2.45) is 5.92 Å². The maximum atomic E-state index is 4.28. The van der Waals surface area contributed by atoms with E-state index in [9.17, 15) is 0 Å². The number of anilines is 1. The third-order valence-electron chi connectivity index (χ3n) is 3.24. The summed E-state index contributed by atoms with van der Waals surface area (Å²) in [5.41, 5.74) is 2.22. The Labute approximate surface area is 92.1 Å². The predicted octanol–water partition coefficient (Wildman–Crippen LogP) is 3.38. The van der Waals surface area contributed by atoms with E-state index >= 15 is 0 Å². The lowest BCUT2D eigenvalue weighted by Gasteiger charge is -2.28. The first kappa shape index (κ1) is 10.5. The van der Waals surface area contributed by atoms with Crippen LogP contribution in [0.1, 0.15) is 38.3 Å². The van der Waals surface area contributed by atoms with Gasteiger partial charge in [0.2, 0.25) is 0 Å². The van der Waals surface area contributed by atoms with Crippen LogP contribution in [0.2, 0.25) is 0 Å². The molecule has 0 saturated heterocycles. The molecule has 1 aromatic heterocycles. The minimum absolute atomic E-state index is 0.569. The van der Waals surface area contributed by atoms with Crippen LogP contribution in [0.3, 0.4) is 0 Å². The highest BCUT2D eigenvalue weighted by molar-refractivity contribution is 5.41. The number of rotatable bonds is 4. The van der Waals surface area contributed by atoms with Gasteiger partial charge in [-0.25, -0.2) is 0 Å². The van der Waals surface area contributed by atoms with E-state index in [1.807, 2.05) is 13.1 Å². The Bertz CT molecular complexity index is 301. The van der Waals surface area contributed by atoms with Crippen molar-refractivity contribution in [3.63, 3.8) is 0 Å². The molecule has 2 nitrogen and oxygen atoms in total. The Kier molecular flexibility index (Phi) is 3.24. The van der Waals surface area contributed by atoms with Crippen molar-refractivity contribution >= 4 is 5.69 Å². The van der Waals surface area contributed by atoms with E-state index in [1.165, 1.54) is 25.7 Å². The average molecular weight is 204 g/mol. The normalized spacial score (nSPS) is 18.3. The lowest BCUT2D eigenvalue weighted by atomic mass is 9.81. The molecule has 15 heavy (non-hydrogen) atoms. The van der Waals surface area contributed by atoms with Gasteiger partial charge in [-0.3, -0.25) is 4.98 Å². The summed E-state index contributed by atoms with van der Waals surface area (Å²) in [5, 5.41) is 3.51. The van der Waals surface area contributed by atoms with Crippen molar-refractivity contribution < 1.29 is 0 Å². The van der Waals surface area contributed by atoms with Gasteiger partial charge in [-0.2, -0.15) is 0 Å². The quantitative estimate of drug-likeness (QED) is 0.813.